The summed E-state index contributed by atoms with van der Waals surface area (Å²) in [5.74, 6) is -0.145. The molecule has 6 nitrogen and oxygen atoms in total. The molecule has 1 unspecified atom stereocenters. The maximum atomic E-state index is 12.6. The second kappa shape index (κ2) is 6.26. The van der Waals surface area contributed by atoms with Crippen molar-refractivity contribution in [3.63, 3.8) is 0 Å². The molecule has 0 spiro atoms. The average molecular weight is 339 g/mol. The van der Waals surface area contributed by atoms with Crippen LogP contribution in [0.3, 0.4) is 0 Å². The summed E-state index contributed by atoms with van der Waals surface area (Å²) in [5, 5.41) is 4.10. The minimum atomic E-state index is -3.09. The van der Waals surface area contributed by atoms with E-state index in [2.05, 4.69) is 5.10 Å². The molecule has 0 aromatic carbocycles. The molecule has 1 aromatic rings. The molecule has 2 fully saturated rings. The Morgan fingerprint density at radius 2 is 1.91 bits per heavy atom. The predicted molar refractivity (Wildman–Crippen MR) is 88.2 cm³/mol. The van der Waals surface area contributed by atoms with E-state index in [9.17, 15) is 13.2 Å². The first kappa shape index (κ1) is 16.5. The quantitative estimate of drug-likeness (QED) is 0.844. The Labute approximate surface area is 137 Å². The summed E-state index contributed by atoms with van der Waals surface area (Å²) in [6.45, 7) is 2.76. The Balaban J connectivity index is 1.73. The lowest BCUT2D eigenvalue weighted by molar-refractivity contribution is 0.0786. The van der Waals surface area contributed by atoms with Crippen molar-refractivity contribution in [1.82, 2.24) is 14.7 Å². The third-order valence-corrected chi connectivity index (χ3v) is 6.70. The summed E-state index contributed by atoms with van der Waals surface area (Å²) in [5.41, 5.74) is 1.46. The van der Waals surface area contributed by atoms with Crippen molar-refractivity contribution < 1.29 is 13.2 Å². The number of aryl methyl sites for hydroxylation is 1. The summed E-state index contributed by atoms with van der Waals surface area (Å²) in [4.78, 5) is 14.2. The van der Waals surface area contributed by atoms with Gasteiger partial charge in [0.15, 0.2) is 15.5 Å². The van der Waals surface area contributed by atoms with E-state index in [1.54, 1.807) is 4.90 Å². The van der Waals surface area contributed by atoms with Crippen molar-refractivity contribution in [2.75, 3.05) is 19.3 Å². The number of carbonyl (C=O) groups excluding carboxylic acids is 1. The van der Waals surface area contributed by atoms with E-state index in [0.29, 0.717) is 24.7 Å². The molecule has 1 atom stereocenters. The van der Waals surface area contributed by atoms with E-state index in [1.165, 1.54) is 25.5 Å². The van der Waals surface area contributed by atoms with Crippen molar-refractivity contribution in [3.05, 3.63) is 17.5 Å². The van der Waals surface area contributed by atoms with Gasteiger partial charge in [0.2, 0.25) is 0 Å². The van der Waals surface area contributed by atoms with E-state index >= 15 is 0 Å². The Kier molecular flexibility index (Phi) is 4.49. The van der Waals surface area contributed by atoms with Crippen molar-refractivity contribution in [2.45, 2.75) is 56.7 Å². The van der Waals surface area contributed by atoms with Crippen LogP contribution in [0.5, 0.6) is 0 Å². The maximum absolute atomic E-state index is 12.6. The van der Waals surface area contributed by atoms with Gasteiger partial charge in [0, 0.05) is 25.0 Å². The first-order valence-corrected chi connectivity index (χ1v) is 10.4. The van der Waals surface area contributed by atoms with Gasteiger partial charge in [0.05, 0.1) is 11.3 Å². The minimum Gasteiger partial charge on any atom is -0.336 e. The third-order valence-electron chi connectivity index (χ3n) is 5.10. The molecule has 0 N–H and O–H groups in total. The molecule has 2 heterocycles. The summed E-state index contributed by atoms with van der Waals surface area (Å²) in [6.07, 6.45) is 7.72. The van der Waals surface area contributed by atoms with Crippen molar-refractivity contribution >= 4 is 15.7 Å². The topological polar surface area (TPSA) is 72.3 Å². The summed E-state index contributed by atoms with van der Waals surface area (Å²) >= 11 is 0. The van der Waals surface area contributed by atoms with Crippen LogP contribution in [0.1, 0.15) is 60.7 Å². The van der Waals surface area contributed by atoms with Crippen LogP contribution in [-0.4, -0.2) is 53.6 Å². The molecule has 1 amide bonds. The van der Waals surface area contributed by atoms with Gasteiger partial charge < -0.3 is 4.90 Å². The zero-order chi connectivity index (χ0) is 16.6. The molecular weight excluding hydrogens is 314 g/mol. The molecule has 0 radical (unpaired) electrons. The fourth-order valence-corrected chi connectivity index (χ4v) is 4.70. The number of sulfone groups is 1. The van der Waals surface area contributed by atoms with E-state index in [4.69, 9.17) is 0 Å². The average Bonchev–Trinajstić information content (AvgIpc) is 3.14. The van der Waals surface area contributed by atoms with Crippen molar-refractivity contribution in [2.24, 2.45) is 0 Å². The second-order valence-corrected chi connectivity index (χ2v) is 9.22. The molecule has 23 heavy (non-hydrogen) atoms. The molecule has 1 saturated carbocycles. The van der Waals surface area contributed by atoms with Gasteiger partial charge >= 0.3 is 0 Å². The summed E-state index contributed by atoms with van der Waals surface area (Å²) in [6, 6.07) is 2.23. The van der Waals surface area contributed by atoms with Crippen LogP contribution in [-0.2, 0) is 9.84 Å². The predicted octanol–water partition coefficient (Wildman–Crippen LogP) is 1.96. The molecule has 1 saturated heterocycles. The molecule has 3 rings (SSSR count). The number of aromatic nitrogens is 2. The van der Waals surface area contributed by atoms with Gasteiger partial charge in [0.1, 0.15) is 0 Å². The molecule has 7 heteroatoms. The Hall–Kier alpha value is -1.37. The molecule has 2 aliphatic rings. The van der Waals surface area contributed by atoms with Crippen LogP contribution in [0.4, 0.5) is 0 Å². The van der Waals surface area contributed by atoms with Gasteiger partial charge in [-0.2, -0.15) is 5.10 Å². The van der Waals surface area contributed by atoms with Crippen molar-refractivity contribution in [3.8, 4) is 0 Å². The minimum absolute atomic E-state index is 0.145. The van der Waals surface area contributed by atoms with Crippen LogP contribution in [0.25, 0.3) is 0 Å². The molecular formula is C16H25N3O3S. The second-order valence-electron chi connectivity index (χ2n) is 6.90. The summed E-state index contributed by atoms with van der Waals surface area (Å²) in [7, 11) is -3.09. The van der Waals surface area contributed by atoms with Gasteiger partial charge in [-0.1, -0.05) is 19.3 Å². The highest BCUT2D eigenvalue weighted by Crippen LogP contribution is 2.29. The molecule has 0 bridgehead atoms. The number of nitrogens with zero attached hydrogens (tertiary/aromatic N) is 3. The molecule has 1 aromatic heterocycles. The smallest absolute Gasteiger partial charge is 0.274 e. The number of likely N-dealkylation sites (tertiary alicyclic amines) is 1. The highest BCUT2D eigenvalue weighted by Gasteiger charge is 2.34. The monoisotopic (exact) mass is 339 g/mol. The van der Waals surface area contributed by atoms with Gasteiger partial charge in [-0.25, -0.2) is 8.42 Å². The number of rotatable bonds is 3. The van der Waals surface area contributed by atoms with Gasteiger partial charge in [-0.05, 0) is 32.3 Å². The van der Waals surface area contributed by atoms with E-state index in [1.807, 2.05) is 17.7 Å². The summed E-state index contributed by atoms with van der Waals surface area (Å²) < 4.78 is 25.3. The fraction of sp³-hybridized carbons (Fsp3) is 0.750. The van der Waals surface area contributed by atoms with Gasteiger partial charge in [-0.3, -0.25) is 9.48 Å². The lowest BCUT2D eigenvalue weighted by atomic mass is 9.95. The molecule has 1 aliphatic carbocycles. The standard InChI is InChI=1S/C16H25N3O3S/c1-12-10-15(17-19(12)13-6-4-3-5-7-13)16(20)18-9-8-14(11-18)23(2,21)22/h10,13-14H,3-9,11H2,1-2H3. The lowest BCUT2D eigenvalue weighted by Gasteiger charge is -2.23. The van der Waals surface area contributed by atoms with Crippen LogP contribution in [0.15, 0.2) is 6.07 Å². The Bertz CT molecular complexity index is 689. The number of hydrogen-bond donors (Lipinski definition) is 0. The van der Waals surface area contributed by atoms with Crippen LogP contribution >= 0.6 is 0 Å². The highest BCUT2D eigenvalue weighted by molar-refractivity contribution is 7.91. The zero-order valence-corrected chi connectivity index (χ0v) is 14.7. The van der Waals surface area contributed by atoms with Crippen LogP contribution in [0.2, 0.25) is 0 Å². The van der Waals surface area contributed by atoms with Gasteiger partial charge in [-0.15, -0.1) is 0 Å². The SMILES string of the molecule is Cc1cc(C(=O)N2CCC(S(C)(=O)=O)C2)nn1C1CCCCC1. The maximum Gasteiger partial charge on any atom is 0.274 e. The first-order valence-electron chi connectivity index (χ1n) is 8.40. The highest BCUT2D eigenvalue weighted by atomic mass is 32.2. The van der Waals surface area contributed by atoms with Crippen LogP contribution < -0.4 is 0 Å². The van der Waals surface area contributed by atoms with Crippen molar-refractivity contribution in [1.29, 1.82) is 0 Å². The number of amides is 1. The normalized spacial score (nSPS) is 23.4. The Morgan fingerprint density at radius 1 is 1.22 bits per heavy atom. The Morgan fingerprint density at radius 3 is 2.52 bits per heavy atom. The third kappa shape index (κ3) is 3.44. The zero-order valence-electron chi connectivity index (χ0n) is 13.9. The lowest BCUT2D eigenvalue weighted by Crippen LogP contribution is -2.32. The first-order chi connectivity index (χ1) is 10.9. The number of carbonyl (C=O) groups is 1. The van der Waals surface area contributed by atoms with E-state index in [-0.39, 0.29) is 12.5 Å². The molecule has 1 aliphatic heterocycles. The van der Waals surface area contributed by atoms with Gasteiger partial charge in [0.25, 0.3) is 5.91 Å². The van der Waals surface area contributed by atoms with Crippen LogP contribution in [0, 0.1) is 6.92 Å². The van der Waals surface area contributed by atoms with E-state index < -0.39 is 15.1 Å². The van der Waals surface area contributed by atoms with E-state index in [0.717, 1.165) is 18.5 Å². The fourth-order valence-electron chi connectivity index (χ4n) is 3.71. The molecule has 128 valence electrons. The largest absolute Gasteiger partial charge is 0.336 e. The number of hydrogen-bond acceptors (Lipinski definition) is 4.